The average Bonchev–Trinajstić information content (AvgIpc) is 3.11. The molecule has 1 heterocycles. The first-order valence-corrected chi connectivity index (χ1v) is 9.24. The molecule has 0 saturated carbocycles. The first-order chi connectivity index (χ1) is 14.4. The fraction of sp³-hybridized carbons (Fsp3) is 0.227. The Kier molecular flexibility index (Phi) is 6.36. The van der Waals surface area contributed by atoms with Crippen molar-refractivity contribution in [1.29, 1.82) is 0 Å². The van der Waals surface area contributed by atoms with E-state index in [0.717, 1.165) is 0 Å². The number of nitrogens with zero attached hydrogens (tertiary/aromatic N) is 1. The van der Waals surface area contributed by atoms with Crippen molar-refractivity contribution in [1.82, 2.24) is 4.57 Å². The van der Waals surface area contributed by atoms with Crippen molar-refractivity contribution in [2.24, 2.45) is 0 Å². The molecule has 1 aromatic heterocycles. The van der Waals surface area contributed by atoms with Gasteiger partial charge in [-0.05, 0) is 25.1 Å². The lowest BCUT2D eigenvalue weighted by Crippen LogP contribution is -2.31. The van der Waals surface area contributed by atoms with Gasteiger partial charge in [0.05, 0.1) is 25.5 Å². The van der Waals surface area contributed by atoms with Crippen LogP contribution in [0.15, 0.2) is 54.7 Å². The van der Waals surface area contributed by atoms with Crippen LogP contribution in [-0.2, 0) is 25.6 Å². The number of hydrogen-bond acceptors (Lipinski definition) is 6. The van der Waals surface area contributed by atoms with Crippen LogP contribution in [0, 0.1) is 0 Å². The Labute approximate surface area is 173 Å². The number of benzene rings is 2. The van der Waals surface area contributed by atoms with Crippen LogP contribution in [0.4, 0.5) is 5.69 Å². The van der Waals surface area contributed by atoms with Gasteiger partial charge < -0.3 is 24.1 Å². The van der Waals surface area contributed by atoms with Crippen molar-refractivity contribution in [3.8, 4) is 5.75 Å². The number of hydrogen-bond donors (Lipinski definition) is 1. The molecule has 0 fully saturated rings. The molecule has 1 amide bonds. The van der Waals surface area contributed by atoms with Crippen molar-refractivity contribution in [3.05, 3.63) is 60.3 Å². The summed E-state index contributed by atoms with van der Waals surface area (Å²) in [5.74, 6) is -1.10. The van der Waals surface area contributed by atoms with Gasteiger partial charge in [0.1, 0.15) is 12.3 Å². The molecule has 0 bridgehead atoms. The van der Waals surface area contributed by atoms with Crippen LogP contribution < -0.4 is 10.1 Å². The first-order valence-electron chi connectivity index (χ1n) is 9.24. The molecule has 0 aliphatic rings. The summed E-state index contributed by atoms with van der Waals surface area (Å²) >= 11 is 0. The number of nitrogens with one attached hydrogen (secondary N) is 1. The second-order valence-electron chi connectivity index (χ2n) is 6.50. The summed E-state index contributed by atoms with van der Waals surface area (Å²) in [5.41, 5.74) is 1.51. The van der Waals surface area contributed by atoms with E-state index in [4.69, 9.17) is 14.2 Å². The molecule has 0 aliphatic carbocycles. The maximum absolute atomic E-state index is 12.4. The van der Waals surface area contributed by atoms with Gasteiger partial charge in [-0.2, -0.15) is 0 Å². The third-order valence-corrected chi connectivity index (χ3v) is 4.54. The molecular formula is C22H22N2O6. The highest BCUT2D eigenvalue weighted by atomic mass is 16.5. The summed E-state index contributed by atoms with van der Waals surface area (Å²) in [6.07, 6.45) is 0.515. The number of para-hydroxylation sites is 3. The smallest absolute Gasteiger partial charge is 0.340 e. The van der Waals surface area contributed by atoms with Crippen LogP contribution in [0.2, 0.25) is 0 Å². The highest BCUT2D eigenvalue weighted by Crippen LogP contribution is 2.24. The number of fused-ring (bicyclic) bond motifs is 1. The van der Waals surface area contributed by atoms with Crippen molar-refractivity contribution >= 4 is 34.4 Å². The number of esters is 2. The van der Waals surface area contributed by atoms with Gasteiger partial charge in [-0.3, -0.25) is 9.59 Å². The van der Waals surface area contributed by atoms with Gasteiger partial charge in [-0.15, -0.1) is 0 Å². The van der Waals surface area contributed by atoms with Gasteiger partial charge in [0.25, 0.3) is 5.91 Å². The SMILES string of the molecule is COC(=O)c1cn(CC(=O)O[C@H](C)C(=O)Nc2ccccc2OC)c2ccccc12. The normalized spacial score (nSPS) is 11.6. The molecule has 0 saturated heterocycles. The Hall–Kier alpha value is -3.81. The largest absolute Gasteiger partial charge is 0.495 e. The molecule has 1 N–H and O–H groups in total. The number of rotatable bonds is 7. The Bertz CT molecular complexity index is 1090. The Morgan fingerprint density at radius 2 is 1.73 bits per heavy atom. The van der Waals surface area contributed by atoms with E-state index in [-0.39, 0.29) is 6.54 Å². The third kappa shape index (κ3) is 4.43. The van der Waals surface area contributed by atoms with E-state index >= 15 is 0 Å². The first kappa shape index (κ1) is 20.9. The zero-order chi connectivity index (χ0) is 21.7. The minimum atomic E-state index is -1.02. The summed E-state index contributed by atoms with van der Waals surface area (Å²) in [4.78, 5) is 36.8. The molecule has 3 aromatic rings. The average molecular weight is 410 g/mol. The number of amides is 1. The van der Waals surface area contributed by atoms with Crippen LogP contribution in [-0.4, -0.2) is 42.7 Å². The van der Waals surface area contributed by atoms with E-state index < -0.39 is 23.9 Å². The Morgan fingerprint density at radius 1 is 1.03 bits per heavy atom. The van der Waals surface area contributed by atoms with E-state index in [0.29, 0.717) is 27.9 Å². The van der Waals surface area contributed by atoms with Gasteiger partial charge >= 0.3 is 11.9 Å². The second-order valence-corrected chi connectivity index (χ2v) is 6.50. The maximum atomic E-state index is 12.4. The lowest BCUT2D eigenvalue weighted by Gasteiger charge is -2.15. The molecule has 0 aliphatic heterocycles. The monoisotopic (exact) mass is 410 g/mol. The number of carbonyl (C=O) groups excluding carboxylic acids is 3. The molecular weight excluding hydrogens is 388 g/mol. The number of anilines is 1. The number of carbonyl (C=O) groups is 3. The molecule has 8 nitrogen and oxygen atoms in total. The second kappa shape index (κ2) is 9.13. The molecule has 8 heteroatoms. The van der Waals surface area contributed by atoms with Crippen molar-refractivity contribution in [2.75, 3.05) is 19.5 Å². The number of ether oxygens (including phenoxy) is 3. The predicted molar refractivity (Wildman–Crippen MR) is 110 cm³/mol. The molecule has 0 spiro atoms. The Morgan fingerprint density at radius 3 is 2.47 bits per heavy atom. The van der Waals surface area contributed by atoms with E-state index in [1.165, 1.54) is 27.3 Å². The fourth-order valence-electron chi connectivity index (χ4n) is 3.06. The molecule has 1 atom stereocenters. The Balaban J connectivity index is 1.69. The lowest BCUT2D eigenvalue weighted by atomic mass is 10.2. The van der Waals surface area contributed by atoms with Gasteiger partial charge in [-0.25, -0.2) is 4.79 Å². The molecule has 30 heavy (non-hydrogen) atoms. The highest BCUT2D eigenvalue weighted by Gasteiger charge is 2.21. The van der Waals surface area contributed by atoms with Crippen molar-refractivity contribution in [2.45, 2.75) is 19.6 Å². The minimum Gasteiger partial charge on any atom is -0.495 e. The van der Waals surface area contributed by atoms with Crippen LogP contribution in [0.25, 0.3) is 10.9 Å². The maximum Gasteiger partial charge on any atom is 0.340 e. The summed E-state index contributed by atoms with van der Waals surface area (Å²) in [6.45, 7) is 1.32. The molecule has 2 aromatic carbocycles. The summed E-state index contributed by atoms with van der Waals surface area (Å²) in [6, 6.07) is 14.1. The van der Waals surface area contributed by atoms with E-state index in [1.807, 2.05) is 0 Å². The van der Waals surface area contributed by atoms with Crippen LogP contribution in [0.5, 0.6) is 5.75 Å². The minimum absolute atomic E-state index is 0.163. The van der Waals surface area contributed by atoms with E-state index in [1.54, 1.807) is 53.1 Å². The van der Waals surface area contributed by atoms with Gasteiger partial charge in [0.15, 0.2) is 6.10 Å². The molecule has 0 radical (unpaired) electrons. The van der Waals surface area contributed by atoms with E-state index in [9.17, 15) is 14.4 Å². The predicted octanol–water partition coefficient (Wildman–Crippen LogP) is 3.01. The standard InChI is InChI=1S/C22H22N2O6/c1-14(21(26)23-17-9-5-7-11-19(17)28-2)30-20(25)13-24-12-16(22(27)29-3)15-8-4-6-10-18(15)24/h4-12,14H,13H2,1-3H3,(H,23,26)/t14-/m1/s1. The highest BCUT2D eigenvalue weighted by molar-refractivity contribution is 6.04. The van der Waals surface area contributed by atoms with E-state index in [2.05, 4.69) is 5.32 Å². The number of aromatic nitrogens is 1. The molecule has 0 unspecified atom stereocenters. The van der Waals surface area contributed by atoms with Gasteiger partial charge in [0.2, 0.25) is 0 Å². The zero-order valence-electron chi connectivity index (χ0n) is 16.9. The van der Waals surface area contributed by atoms with Crippen molar-refractivity contribution in [3.63, 3.8) is 0 Å². The molecule has 156 valence electrons. The third-order valence-electron chi connectivity index (χ3n) is 4.54. The fourth-order valence-corrected chi connectivity index (χ4v) is 3.06. The lowest BCUT2D eigenvalue weighted by molar-refractivity contribution is -0.153. The van der Waals surface area contributed by atoms with Gasteiger partial charge in [0, 0.05) is 17.1 Å². The topological polar surface area (TPSA) is 95.9 Å². The quantitative estimate of drug-likeness (QED) is 0.602. The van der Waals surface area contributed by atoms with Gasteiger partial charge in [-0.1, -0.05) is 30.3 Å². The molecule has 3 rings (SSSR count). The summed E-state index contributed by atoms with van der Waals surface area (Å²) in [5, 5.41) is 3.34. The zero-order valence-corrected chi connectivity index (χ0v) is 16.9. The summed E-state index contributed by atoms with van der Waals surface area (Å²) < 4.78 is 16.9. The van der Waals surface area contributed by atoms with Crippen LogP contribution in [0.3, 0.4) is 0 Å². The van der Waals surface area contributed by atoms with Crippen LogP contribution in [0.1, 0.15) is 17.3 Å². The number of methoxy groups -OCH3 is 2. The van der Waals surface area contributed by atoms with Crippen LogP contribution >= 0.6 is 0 Å². The van der Waals surface area contributed by atoms with Crippen molar-refractivity contribution < 1.29 is 28.6 Å². The summed E-state index contributed by atoms with van der Waals surface area (Å²) in [7, 11) is 2.79.